The van der Waals surface area contributed by atoms with Crippen LogP contribution in [0.25, 0.3) is 5.69 Å². The number of rotatable bonds is 5. The molecule has 0 aliphatic heterocycles. The Balaban J connectivity index is 2.47. The molecule has 1 heterocycles. The van der Waals surface area contributed by atoms with Crippen LogP contribution in [0.4, 0.5) is 0 Å². The van der Waals surface area contributed by atoms with Gasteiger partial charge in [0, 0.05) is 19.0 Å². The second-order valence-electron chi connectivity index (χ2n) is 4.26. The van der Waals surface area contributed by atoms with Crippen LogP contribution in [0.5, 0.6) is 0 Å². The summed E-state index contributed by atoms with van der Waals surface area (Å²) in [6, 6.07) is 7.52. The highest BCUT2D eigenvalue weighted by Crippen LogP contribution is 2.19. The molecule has 1 aromatic heterocycles. The van der Waals surface area contributed by atoms with E-state index in [0.29, 0.717) is 0 Å². The molecule has 102 valence electrons. The molecule has 0 spiro atoms. The van der Waals surface area contributed by atoms with Crippen molar-refractivity contribution in [3.63, 3.8) is 0 Å². The van der Waals surface area contributed by atoms with E-state index in [9.17, 15) is 8.42 Å². The van der Waals surface area contributed by atoms with Gasteiger partial charge in [0.25, 0.3) is 0 Å². The number of aryl methyl sites for hydroxylation is 1. The molecule has 2 rings (SSSR count). The van der Waals surface area contributed by atoms with Crippen molar-refractivity contribution in [2.24, 2.45) is 0 Å². The molecule has 2 aromatic rings. The molecule has 0 radical (unpaired) electrons. The van der Waals surface area contributed by atoms with Crippen LogP contribution >= 0.6 is 0 Å². The fourth-order valence-electron chi connectivity index (χ4n) is 1.88. The molecule has 1 N–H and O–H groups in total. The molecule has 0 unspecified atom stereocenters. The summed E-state index contributed by atoms with van der Waals surface area (Å²) in [6.45, 7) is 1.77. The zero-order chi connectivity index (χ0) is 13.9. The van der Waals surface area contributed by atoms with Crippen LogP contribution in [-0.4, -0.2) is 35.4 Å². The van der Waals surface area contributed by atoms with Crippen molar-refractivity contribution >= 4 is 9.84 Å². The normalized spacial score (nSPS) is 11.7. The molecule has 0 fully saturated rings. The van der Waals surface area contributed by atoms with Crippen molar-refractivity contribution in [3.05, 3.63) is 42.2 Å². The van der Waals surface area contributed by atoms with Gasteiger partial charge in [-0.15, -0.1) is 0 Å². The van der Waals surface area contributed by atoms with Crippen molar-refractivity contribution in [3.8, 4) is 5.69 Å². The smallest absolute Gasteiger partial charge is 0.232 e. The highest BCUT2D eigenvalue weighted by molar-refractivity contribution is 7.91. The molecule has 0 bridgehead atoms. The van der Waals surface area contributed by atoms with Crippen LogP contribution in [-0.2, 0) is 9.84 Å². The van der Waals surface area contributed by atoms with E-state index >= 15 is 0 Å². The Labute approximate surface area is 112 Å². The molecule has 5 nitrogen and oxygen atoms in total. The second-order valence-corrected chi connectivity index (χ2v) is 6.27. The Morgan fingerprint density at radius 2 is 2.05 bits per heavy atom. The Morgan fingerprint density at radius 3 is 2.74 bits per heavy atom. The van der Waals surface area contributed by atoms with E-state index in [4.69, 9.17) is 5.11 Å². The second kappa shape index (κ2) is 5.54. The molecule has 19 heavy (non-hydrogen) atoms. The van der Waals surface area contributed by atoms with Crippen LogP contribution < -0.4 is 0 Å². The minimum Gasteiger partial charge on any atom is -0.396 e. The van der Waals surface area contributed by atoms with Gasteiger partial charge in [-0.25, -0.2) is 13.4 Å². The SMILES string of the molecule is Cc1ccccc1-n1ccnc1S(=O)(=O)CCCO. The number of benzene rings is 1. The number of para-hydroxylation sites is 1. The minimum absolute atomic E-state index is 0.0234. The lowest BCUT2D eigenvalue weighted by atomic mass is 10.2. The van der Waals surface area contributed by atoms with Crippen molar-refractivity contribution in [1.82, 2.24) is 9.55 Å². The lowest BCUT2D eigenvalue weighted by Crippen LogP contribution is -2.14. The summed E-state index contributed by atoms with van der Waals surface area (Å²) in [4.78, 5) is 3.95. The van der Waals surface area contributed by atoms with Gasteiger partial charge in [0.2, 0.25) is 15.0 Å². The van der Waals surface area contributed by atoms with E-state index in [1.165, 1.54) is 6.20 Å². The van der Waals surface area contributed by atoms with E-state index in [1.807, 2.05) is 31.2 Å². The van der Waals surface area contributed by atoms with Gasteiger partial charge in [0.1, 0.15) is 0 Å². The maximum atomic E-state index is 12.2. The number of sulfone groups is 1. The van der Waals surface area contributed by atoms with Gasteiger partial charge in [-0.2, -0.15) is 0 Å². The zero-order valence-corrected chi connectivity index (χ0v) is 11.5. The third-order valence-corrected chi connectivity index (χ3v) is 4.52. The number of hydrogen-bond acceptors (Lipinski definition) is 4. The number of hydrogen-bond donors (Lipinski definition) is 1. The van der Waals surface area contributed by atoms with Gasteiger partial charge in [-0.3, -0.25) is 4.57 Å². The first kappa shape index (κ1) is 13.8. The van der Waals surface area contributed by atoms with E-state index in [-0.39, 0.29) is 23.9 Å². The van der Waals surface area contributed by atoms with Crippen LogP contribution in [0.3, 0.4) is 0 Å². The molecule has 0 atom stereocenters. The first-order valence-corrected chi connectivity index (χ1v) is 7.64. The monoisotopic (exact) mass is 280 g/mol. The molecular formula is C13H16N2O3S. The van der Waals surface area contributed by atoms with Crippen LogP contribution in [0.15, 0.2) is 41.8 Å². The zero-order valence-electron chi connectivity index (χ0n) is 10.7. The summed E-state index contributed by atoms with van der Waals surface area (Å²) in [6.07, 6.45) is 3.31. The maximum absolute atomic E-state index is 12.2. The number of aromatic nitrogens is 2. The Bertz CT molecular complexity index is 662. The largest absolute Gasteiger partial charge is 0.396 e. The molecule has 0 saturated heterocycles. The molecule has 1 aromatic carbocycles. The summed E-state index contributed by atoms with van der Waals surface area (Å²) >= 11 is 0. The number of nitrogens with zero attached hydrogens (tertiary/aromatic N) is 2. The van der Waals surface area contributed by atoms with E-state index in [0.717, 1.165) is 11.3 Å². The van der Waals surface area contributed by atoms with E-state index < -0.39 is 9.84 Å². The van der Waals surface area contributed by atoms with Crippen molar-refractivity contribution in [2.45, 2.75) is 18.5 Å². The van der Waals surface area contributed by atoms with Gasteiger partial charge in [-0.1, -0.05) is 18.2 Å². The quantitative estimate of drug-likeness (QED) is 0.897. The average Bonchev–Trinajstić information content (AvgIpc) is 2.87. The highest BCUT2D eigenvalue weighted by Gasteiger charge is 2.21. The van der Waals surface area contributed by atoms with Crippen LogP contribution in [0.1, 0.15) is 12.0 Å². The van der Waals surface area contributed by atoms with E-state index in [1.54, 1.807) is 10.8 Å². The third-order valence-electron chi connectivity index (χ3n) is 2.83. The Morgan fingerprint density at radius 1 is 1.32 bits per heavy atom. The van der Waals surface area contributed by atoms with Crippen molar-refractivity contribution in [1.29, 1.82) is 0 Å². The summed E-state index contributed by atoms with van der Waals surface area (Å²) in [5, 5.41) is 8.79. The summed E-state index contributed by atoms with van der Waals surface area (Å²) in [5.41, 5.74) is 1.77. The van der Waals surface area contributed by atoms with Gasteiger partial charge < -0.3 is 5.11 Å². The Hall–Kier alpha value is -1.66. The lowest BCUT2D eigenvalue weighted by Gasteiger charge is -2.10. The predicted octanol–water partition coefficient (Wildman–Crippen LogP) is 1.34. The van der Waals surface area contributed by atoms with Gasteiger partial charge in [0.15, 0.2) is 0 Å². The van der Waals surface area contributed by atoms with Gasteiger partial charge in [-0.05, 0) is 25.0 Å². The Kier molecular flexibility index (Phi) is 4.01. The fourth-order valence-corrected chi connectivity index (χ4v) is 3.25. The van der Waals surface area contributed by atoms with Crippen molar-refractivity contribution < 1.29 is 13.5 Å². The topological polar surface area (TPSA) is 72.2 Å². The molecule has 0 aliphatic carbocycles. The summed E-state index contributed by atoms with van der Waals surface area (Å²) in [5.74, 6) is -0.105. The first-order chi connectivity index (χ1) is 9.06. The molecule has 0 aliphatic rings. The molecule has 0 amide bonds. The first-order valence-electron chi connectivity index (χ1n) is 5.99. The number of imidazole rings is 1. The maximum Gasteiger partial charge on any atom is 0.232 e. The number of aliphatic hydroxyl groups is 1. The standard InChI is InChI=1S/C13H16N2O3S/c1-11-5-2-3-6-12(11)15-8-7-14-13(15)19(17,18)10-4-9-16/h2-3,5-8,16H,4,9-10H2,1H3. The van der Waals surface area contributed by atoms with Gasteiger partial charge >= 0.3 is 0 Å². The average molecular weight is 280 g/mol. The molecular weight excluding hydrogens is 264 g/mol. The van der Waals surface area contributed by atoms with Crippen molar-refractivity contribution in [2.75, 3.05) is 12.4 Å². The van der Waals surface area contributed by atoms with Crippen LogP contribution in [0.2, 0.25) is 0 Å². The van der Waals surface area contributed by atoms with E-state index in [2.05, 4.69) is 4.98 Å². The minimum atomic E-state index is -3.48. The number of aliphatic hydroxyl groups excluding tert-OH is 1. The molecule has 6 heteroatoms. The fraction of sp³-hybridized carbons (Fsp3) is 0.308. The summed E-state index contributed by atoms with van der Waals surface area (Å²) in [7, 11) is -3.48. The summed E-state index contributed by atoms with van der Waals surface area (Å²) < 4.78 is 25.9. The third kappa shape index (κ3) is 2.85. The molecule has 0 saturated carbocycles. The highest BCUT2D eigenvalue weighted by atomic mass is 32.2. The predicted molar refractivity (Wildman–Crippen MR) is 72.1 cm³/mol. The van der Waals surface area contributed by atoms with Crippen LogP contribution in [0, 0.1) is 6.92 Å². The van der Waals surface area contributed by atoms with Gasteiger partial charge in [0.05, 0.1) is 11.4 Å². The lowest BCUT2D eigenvalue weighted by molar-refractivity contribution is 0.295.